The Morgan fingerprint density at radius 1 is 0.567 bits per heavy atom. The second kappa shape index (κ2) is 8.17. The zero-order chi connectivity index (χ0) is 20.2. The average molecular weight is 392 g/mol. The summed E-state index contributed by atoms with van der Waals surface area (Å²) in [5.41, 5.74) is 4.26. The number of hydrogen-bond acceptors (Lipinski definition) is 2. The van der Waals surface area contributed by atoms with Crippen LogP contribution in [0.4, 0.5) is 11.4 Å². The quantitative estimate of drug-likeness (QED) is 0.367. The van der Waals surface area contributed by atoms with Crippen molar-refractivity contribution in [2.24, 2.45) is 0 Å². The Kier molecular flexibility index (Phi) is 5.08. The maximum absolute atomic E-state index is 7.02. The van der Waals surface area contributed by atoms with Gasteiger partial charge < -0.3 is 9.64 Å². The van der Waals surface area contributed by atoms with Gasteiger partial charge in [-0.1, -0.05) is 97.1 Å². The highest BCUT2D eigenvalue weighted by atomic mass is 16.5. The van der Waals surface area contributed by atoms with E-state index in [0.29, 0.717) is 0 Å². The number of rotatable bonds is 5. The van der Waals surface area contributed by atoms with Gasteiger partial charge in [-0.3, -0.25) is 0 Å². The summed E-state index contributed by atoms with van der Waals surface area (Å²) in [6.45, 7) is 0. The molecule has 4 aromatic rings. The van der Waals surface area contributed by atoms with E-state index in [9.17, 15) is 0 Å². The first-order chi connectivity index (χ1) is 14.9. The van der Waals surface area contributed by atoms with Crippen molar-refractivity contribution in [1.29, 1.82) is 0 Å². The van der Waals surface area contributed by atoms with Crippen LogP contribution in [-0.4, -0.2) is 6.23 Å². The number of nitrogens with zero attached hydrogens (tertiary/aromatic N) is 1. The van der Waals surface area contributed by atoms with E-state index >= 15 is 0 Å². The van der Waals surface area contributed by atoms with E-state index in [4.69, 9.17) is 4.74 Å². The van der Waals surface area contributed by atoms with E-state index in [-0.39, 0.29) is 6.23 Å². The fraction of sp³-hybridized carbons (Fsp3) is 0.143. The van der Waals surface area contributed by atoms with Crippen molar-refractivity contribution in [2.75, 3.05) is 4.90 Å². The van der Waals surface area contributed by atoms with Crippen molar-refractivity contribution in [3.05, 3.63) is 132 Å². The molecule has 1 heterocycles. The molecule has 4 aromatic carbocycles. The van der Waals surface area contributed by atoms with Gasteiger partial charge in [0.15, 0.2) is 0 Å². The van der Waals surface area contributed by atoms with Crippen LogP contribution >= 0.6 is 0 Å². The Labute approximate surface area is 178 Å². The minimum absolute atomic E-state index is 0.0600. The summed E-state index contributed by atoms with van der Waals surface area (Å²) in [5.74, 6) is 0. The van der Waals surface area contributed by atoms with Gasteiger partial charge in [-0.25, -0.2) is 0 Å². The van der Waals surface area contributed by atoms with Crippen LogP contribution in [0.2, 0.25) is 0 Å². The topological polar surface area (TPSA) is 12.5 Å². The molecule has 5 rings (SSSR count). The smallest absolute Gasteiger partial charge is 0.136 e. The molecule has 1 atom stereocenters. The number of para-hydroxylation sites is 2. The minimum atomic E-state index is -0.449. The Morgan fingerprint density at radius 2 is 0.967 bits per heavy atom. The third kappa shape index (κ3) is 3.40. The minimum Gasteiger partial charge on any atom is -0.342 e. The maximum Gasteiger partial charge on any atom is 0.136 e. The van der Waals surface area contributed by atoms with Crippen LogP contribution < -0.4 is 4.90 Å². The first-order valence-corrected chi connectivity index (χ1v) is 10.5. The van der Waals surface area contributed by atoms with Crippen LogP contribution in [0.25, 0.3) is 0 Å². The molecule has 0 aliphatic carbocycles. The summed E-state index contributed by atoms with van der Waals surface area (Å²) in [7, 11) is 0. The molecule has 0 N–H and O–H groups in total. The molecule has 1 aliphatic rings. The molecule has 2 nitrogen and oxygen atoms in total. The summed E-state index contributed by atoms with van der Waals surface area (Å²) in [4.78, 5) is 2.33. The SMILES string of the molecule is c1ccc(N(c2ccccc2)C2CCC(c3ccccc3)(c3ccccc3)O2)cc1. The molecule has 0 radical (unpaired) electrons. The lowest BCUT2D eigenvalue weighted by Gasteiger charge is -2.35. The summed E-state index contributed by atoms with van der Waals surface area (Å²) < 4.78 is 7.02. The summed E-state index contributed by atoms with van der Waals surface area (Å²) in [6, 6.07) is 42.3. The number of anilines is 2. The van der Waals surface area contributed by atoms with Crippen LogP contribution in [0, 0.1) is 0 Å². The van der Waals surface area contributed by atoms with E-state index in [1.54, 1.807) is 0 Å². The molecule has 1 saturated heterocycles. The molecule has 0 bridgehead atoms. The Hall–Kier alpha value is -3.36. The van der Waals surface area contributed by atoms with E-state index in [0.717, 1.165) is 24.2 Å². The van der Waals surface area contributed by atoms with Gasteiger partial charge in [0.05, 0.1) is 0 Å². The van der Waals surface area contributed by atoms with Crippen molar-refractivity contribution in [3.63, 3.8) is 0 Å². The van der Waals surface area contributed by atoms with Crippen molar-refractivity contribution in [3.8, 4) is 0 Å². The monoisotopic (exact) mass is 391 g/mol. The van der Waals surface area contributed by atoms with Crippen LogP contribution in [0.15, 0.2) is 121 Å². The predicted molar refractivity (Wildman–Crippen MR) is 123 cm³/mol. The first kappa shape index (κ1) is 18.7. The summed E-state index contributed by atoms with van der Waals surface area (Å²) in [5, 5.41) is 0. The lowest BCUT2D eigenvalue weighted by Crippen LogP contribution is -2.35. The Bertz CT molecular complexity index is 986. The Morgan fingerprint density at radius 3 is 1.40 bits per heavy atom. The van der Waals surface area contributed by atoms with Crippen molar-refractivity contribution < 1.29 is 4.74 Å². The standard InChI is InChI=1S/C28H25NO/c1-5-13-23(14-6-1)28(24-15-7-2-8-16-24)22-21-27(30-28)29(25-17-9-3-10-18-25)26-19-11-4-12-20-26/h1-20,27H,21-22H2. The van der Waals surface area contributed by atoms with Gasteiger partial charge in [0.25, 0.3) is 0 Å². The van der Waals surface area contributed by atoms with E-state index < -0.39 is 5.60 Å². The van der Waals surface area contributed by atoms with E-state index in [1.807, 2.05) is 0 Å². The second-order valence-electron chi connectivity index (χ2n) is 7.71. The van der Waals surface area contributed by atoms with Gasteiger partial charge in [-0.2, -0.15) is 0 Å². The maximum atomic E-state index is 7.02. The van der Waals surface area contributed by atoms with Crippen molar-refractivity contribution in [1.82, 2.24) is 0 Å². The van der Waals surface area contributed by atoms with Gasteiger partial charge >= 0.3 is 0 Å². The first-order valence-electron chi connectivity index (χ1n) is 10.5. The summed E-state index contributed by atoms with van der Waals surface area (Å²) >= 11 is 0. The zero-order valence-corrected chi connectivity index (χ0v) is 16.9. The highest BCUT2D eigenvalue weighted by Crippen LogP contribution is 2.47. The molecular weight excluding hydrogens is 366 g/mol. The zero-order valence-electron chi connectivity index (χ0n) is 16.9. The number of ether oxygens (including phenoxy) is 1. The normalized spacial score (nSPS) is 17.5. The molecule has 30 heavy (non-hydrogen) atoms. The van der Waals surface area contributed by atoms with E-state index in [1.165, 1.54) is 11.1 Å². The lowest BCUT2D eigenvalue weighted by molar-refractivity contribution is -0.0132. The van der Waals surface area contributed by atoms with Gasteiger partial charge in [-0.05, 0) is 48.2 Å². The van der Waals surface area contributed by atoms with Crippen molar-refractivity contribution >= 4 is 11.4 Å². The highest BCUT2D eigenvalue weighted by Gasteiger charge is 2.45. The number of hydrogen-bond donors (Lipinski definition) is 0. The average Bonchev–Trinajstić information content (AvgIpc) is 3.28. The fourth-order valence-corrected chi connectivity index (χ4v) is 4.52. The van der Waals surface area contributed by atoms with Gasteiger partial charge in [0.2, 0.25) is 0 Å². The third-order valence-electron chi connectivity index (χ3n) is 5.92. The predicted octanol–water partition coefficient (Wildman–Crippen LogP) is 6.91. The van der Waals surface area contributed by atoms with Crippen LogP contribution in [0.5, 0.6) is 0 Å². The second-order valence-corrected chi connectivity index (χ2v) is 7.71. The molecule has 1 fully saturated rings. The van der Waals surface area contributed by atoms with Gasteiger partial charge in [0.1, 0.15) is 11.8 Å². The molecule has 0 aromatic heterocycles. The highest BCUT2D eigenvalue weighted by molar-refractivity contribution is 5.64. The third-order valence-corrected chi connectivity index (χ3v) is 5.92. The van der Waals surface area contributed by atoms with Crippen LogP contribution in [0.3, 0.4) is 0 Å². The number of benzene rings is 4. The molecule has 0 spiro atoms. The fourth-order valence-electron chi connectivity index (χ4n) is 4.52. The van der Waals surface area contributed by atoms with Gasteiger partial charge in [0, 0.05) is 11.4 Å². The molecule has 2 heteroatoms. The van der Waals surface area contributed by atoms with Crippen LogP contribution in [0.1, 0.15) is 24.0 Å². The molecule has 0 amide bonds. The Balaban J connectivity index is 1.59. The molecule has 1 aliphatic heterocycles. The van der Waals surface area contributed by atoms with Crippen LogP contribution in [-0.2, 0) is 10.3 Å². The van der Waals surface area contributed by atoms with Gasteiger partial charge in [-0.15, -0.1) is 0 Å². The largest absolute Gasteiger partial charge is 0.342 e. The molecule has 0 saturated carbocycles. The molecule has 148 valence electrons. The molecular formula is C28H25NO. The van der Waals surface area contributed by atoms with E-state index in [2.05, 4.69) is 126 Å². The molecule has 1 unspecified atom stereocenters. The van der Waals surface area contributed by atoms with Crippen molar-refractivity contribution in [2.45, 2.75) is 24.7 Å². The lowest BCUT2D eigenvalue weighted by atomic mass is 9.84. The summed E-state index contributed by atoms with van der Waals surface area (Å²) in [6.07, 6.45) is 1.81.